The van der Waals surface area contributed by atoms with E-state index in [0.717, 1.165) is 0 Å². The second-order valence-corrected chi connectivity index (χ2v) is 6.33. The monoisotopic (exact) mass is 319 g/mol. The Bertz CT molecular complexity index is 571. The third kappa shape index (κ3) is 2.83. The van der Waals surface area contributed by atoms with Crippen LogP contribution < -0.4 is 5.32 Å². The van der Waals surface area contributed by atoms with E-state index < -0.39 is 11.4 Å². The molecular weight excluding hydrogens is 309 g/mol. The minimum absolute atomic E-state index is 0.0279. The number of aliphatic hydroxyl groups is 1. The zero-order valence-corrected chi connectivity index (χ0v) is 12.6. The summed E-state index contributed by atoms with van der Waals surface area (Å²) in [5.74, 6) is -0.431. The number of rotatable bonds is 1. The van der Waals surface area contributed by atoms with E-state index in [1.807, 2.05) is 13.8 Å². The van der Waals surface area contributed by atoms with E-state index in [9.17, 15) is 9.90 Å². The highest BCUT2D eigenvalue weighted by Gasteiger charge is 2.34. The van der Waals surface area contributed by atoms with E-state index >= 15 is 0 Å². The number of benzene rings is 1. The van der Waals surface area contributed by atoms with Gasteiger partial charge in [-0.05, 0) is 26.0 Å². The largest absolute Gasteiger partial charge is 0.511 e. The Labute approximate surface area is 126 Å². The molecule has 1 amide bonds. The van der Waals surface area contributed by atoms with Gasteiger partial charge in [-0.25, -0.2) is 0 Å². The van der Waals surface area contributed by atoms with Gasteiger partial charge < -0.3 is 10.4 Å². The molecule has 6 heteroatoms. The van der Waals surface area contributed by atoms with Crippen molar-refractivity contribution in [2.24, 2.45) is 0 Å². The smallest absolute Gasteiger partial charge is 0.255 e. The Morgan fingerprint density at radius 3 is 2.21 bits per heavy atom. The highest BCUT2D eigenvalue weighted by Crippen LogP contribution is 2.38. The first-order chi connectivity index (χ1) is 8.71. The maximum Gasteiger partial charge on any atom is 0.255 e. The van der Waals surface area contributed by atoms with Gasteiger partial charge in [0, 0.05) is 22.5 Å². The number of aliphatic hydroxyl groups excluding tert-OH is 1. The molecule has 1 heterocycles. The number of nitrogens with one attached hydrogen (secondary N) is 1. The number of amides is 1. The second kappa shape index (κ2) is 4.89. The molecule has 0 bridgehead atoms. The molecule has 0 aromatic heterocycles. The predicted molar refractivity (Wildman–Crippen MR) is 77.9 cm³/mol. The molecule has 1 aromatic carbocycles. The Hall–Kier alpha value is -0.900. The van der Waals surface area contributed by atoms with E-state index in [1.54, 1.807) is 0 Å². The van der Waals surface area contributed by atoms with E-state index in [0.29, 0.717) is 17.0 Å². The first kappa shape index (κ1) is 14.5. The predicted octanol–water partition coefficient (Wildman–Crippen LogP) is 4.21. The average Bonchev–Trinajstić information content (AvgIpc) is 2.18. The molecule has 19 heavy (non-hydrogen) atoms. The van der Waals surface area contributed by atoms with Crippen molar-refractivity contribution < 1.29 is 9.90 Å². The molecule has 1 aliphatic rings. The van der Waals surface area contributed by atoms with Crippen molar-refractivity contribution in [1.29, 1.82) is 0 Å². The lowest BCUT2D eigenvalue weighted by Crippen LogP contribution is -2.47. The molecule has 0 spiro atoms. The normalized spacial score (nSPS) is 18.5. The van der Waals surface area contributed by atoms with E-state index in [2.05, 4.69) is 5.32 Å². The van der Waals surface area contributed by atoms with E-state index in [4.69, 9.17) is 34.8 Å². The van der Waals surface area contributed by atoms with Crippen LogP contribution in [0.3, 0.4) is 0 Å². The standard InChI is InChI=1S/C13H12Cl3NO2/c1-13(2)5-9(18)11(12(19)17-13)10-7(15)3-6(14)4-8(10)16/h3-4,18H,5H2,1-2H3,(H,17,19). The number of hydrogen-bond acceptors (Lipinski definition) is 2. The summed E-state index contributed by atoms with van der Waals surface area (Å²) >= 11 is 18.0. The molecule has 2 N–H and O–H groups in total. The number of carbonyl (C=O) groups excluding carboxylic acids is 1. The lowest BCUT2D eigenvalue weighted by Gasteiger charge is -2.32. The van der Waals surface area contributed by atoms with Crippen molar-refractivity contribution in [3.8, 4) is 0 Å². The Balaban J connectivity index is 2.62. The molecule has 0 radical (unpaired) electrons. The molecule has 1 aliphatic heterocycles. The molecule has 102 valence electrons. The van der Waals surface area contributed by atoms with Crippen LogP contribution in [0.1, 0.15) is 25.8 Å². The topological polar surface area (TPSA) is 49.3 Å². The van der Waals surface area contributed by atoms with Crippen molar-refractivity contribution in [2.45, 2.75) is 25.8 Å². The van der Waals surface area contributed by atoms with Gasteiger partial charge in [0.2, 0.25) is 0 Å². The van der Waals surface area contributed by atoms with Crippen molar-refractivity contribution in [3.63, 3.8) is 0 Å². The summed E-state index contributed by atoms with van der Waals surface area (Å²) in [6.45, 7) is 3.64. The number of halogens is 3. The Morgan fingerprint density at radius 2 is 1.74 bits per heavy atom. The van der Waals surface area contributed by atoms with Gasteiger partial charge in [0.25, 0.3) is 5.91 Å². The maximum absolute atomic E-state index is 12.1. The van der Waals surface area contributed by atoms with Gasteiger partial charge in [-0.1, -0.05) is 34.8 Å². The first-order valence-corrected chi connectivity index (χ1v) is 6.74. The van der Waals surface area contributed by atoms with Gasteiger partial charge in [0.05, 0.1) is 15.6 Å². The molecule has 0 fully saturated rings. The van der Waals surface area contributed by atoms with Crippen molar-refractivity contribution in [3.05, 3.63) is 38.5 Å². The first-order valence-electron chi connectivity index (χ1n) is 5.61. The summed E-state index contributed by atoms with van der Waals surface area (Å²) < 4.78 is 0. The molecule has 0 saturated carbocycles. The fourth-order valence-electron chi connectivity index (χ4n) is 2.09. The van der Waals surface area contributed by atoms with Gasteiger partial charge in [-0.3, -0.25) is 4.79 Å². The summed E-state index contributed by atoms with van der Waals surface area (Å²) in [4.78, 5) is 12.1. The van der Waals surface area contributed by atoms with Gasteiger partial charge in [-0.2, -0.15) is 0 Å². The van der Waals surface area contributed by atoms with Crippen LogP contribution >= 0.6 is 34.8 Å². The van der Waals surface area contributed by atoms with Crippen LogP contribution in [0.5, 0.6) is 0 Å². The van der Waals surface area contributed by atoms with Crippen LogP contribution in [0.4, 0.5) is 0 Å². The van der Waals surface area contributed by atoms with Gasteiger partial charge in [-0.15, -0.1) is 0 Å². The quantitative estimate of drug-likeness (QED) is 0.814. The summed E-state index contributed by atoms with van der Waals surface area (Å²) in [6, 6.07) is 2.97. The highest BCUT2D eigenvalue weighted by molar-refractivity contribution is 6.42. The van der Waals surface area contributed by atoms with E-state index in [1.165, 1.54) is 12.1 Å². The third-order valence-electron chi connectivity index (χ3n) is 2.83. The van der Waals surface area contributed by atoms with Crippen molar-refractivity contribution >= 4 is 46.3 Å². The maximum atomic E-state index is 12.1. The fraction of sp³-hybridized carbons (Fsp3) is 0.308. The molecule has 1 aromatic rings. The zero-order chi connectivity index (χ0) is 14.4. The molecule has 0 atom stereocenters. The minimum atomic E-state index is -0.504. The molecule has 3 nitrogen and oxygen atoms in total. The number of hydrogen-bond donors (Lipinski definition) is 2. The van der Waals surface area contributed by atoms with Crippen LogP contribution in [-0.2, 0) is 4.79 Å². The number of carbonyl (C=O) groups is 1. The van der Waals surface area contributed by atoms with Crippen LogP contribution in [0.2, 0.25) is 15.1 Å². The van der Waals surface area contributed by atoms with Crippen LogP contribution in [0, 0.1) is 0 Å². The van der Waals surface area contributed by atoms with Gasteiger partial charge in [0.15, 0.2) is 0 Å². The SMILES string of the molecule is CC1(C)CC(O)=C(c2c(Cl)cc(Cl)cc2Cl)C(=O)N1. The summed E-state index contributed by atoms with van der Waals surface area (Å²) in [6.07, 6.45) is 0.309. The Kier molecular flexibility index (Phi) is 3.74. The second-order valence-electron chi connectivity index (χ2n) is 5.08. The summed E-state index contributed by atoms with van der Waals surface area (Å²) in [7, 11) is 0. The van der Waals surface area contributed by atoms with Crippen LogP contribution in [0.15, 0.2) is 17.9 Å². The van der Waals surface area contributed by atoms with E-state index in [-0.39, 0.29) is 21.4 Å². The average molecular weight is 321 g/mol. The highest BCUT2D eigenvalue weighted by atomic mass is 35.5. The molecule has 2 rings (SSSR count). The van der Waals surface area contributed by atoms with Crippen molar-refractivity contribution in [2.75, 3.05) is 0 Å². The molecular formula is C13H12Cl3NO2. The lowest BCUT2D eigenvalue weighted by molar-refractivity contribution is -0.117. The van der Waals surface area contributed by atoms with Gasteiger partial charge >= 0.3 is 0 Å². The lowest BCUT2D eigenvalue weighted by atomic mass is 9.89. The third-order valence-corrected chi connectivity index (χ3v) is 3.65. The van der Waals surface area contributed by atoms with Crippen LogP contribution in [0.25, 0.3) is 5.57 Å². The summed E-state index contributed by atoms with van der Waals surface area (Å²) in [5.41, 5.74) is -0.0972. The summed E-state index contributed by atoms with van der Waals surface area (Å²) in [5, 5.41) is 13.7. The zero-order valence-electron chi connectivity index (χ0n) is 10.4. The molecule has 0 saturated heterocycles. The van der Waals surface area contributed by atoms with Crippen molar-refractivity contribution in [1.82, 2.24) is 5.32 Å². The van der Waals surface area contributed by atoms with Crippen LogP contribution in [-0.4, -0.2) is 16.6 Å². The fourth-order valence-corrected chi connectivity index (χ4v) is 3.10. The Morgan fingerprint density at radius 1 is 1.21 bits per heavy atom. The van der Waals surface area contributed by atoms with Gasteiger partial charge in [0.1, 0.15) is 5.76 Å². The molecule has 0 aliphatic carbocycles. The molecule has 0 unspecified atom stereocenters. The minimum Gasteiger partial charge on any atom is -0.511 e.